The van der Waals surface area contributed by atoms with Crippen LogP contribution in [0, 0.1) is 5.92 Å². The molecule has 1 aromatic rings. The number of benzene rings is 1. The molecule has 0 unspecified atom stereocenters. The van der Waals surface area contributed by atoms with Crippen LogP contribution in [0.25, 0.3) is 0 Å². The summed E-state index contributed by atoms with van der Waals surface area (Å²) < 4.78 is 0. The summed E-state index contributed by atoms with van der Waals surface area (Å²) in [5, 5.41) is 0. The molecule has 0 N–H and O–H groups in total. The first kappa shape index (κ1) is 17.2. The zero-order valence-corrected chi connectivity index (χ0v) is 15.2. The van der Waals surface area contributed by atoms with Crippen LogP contribution in [0.3, 0.4) is 0 Å². The van der Waals surface area contributed by atoms with Crippen molar-refractivity contribution in [3.05, 3.63) is 24.3 Å². The molecule has 1 aromatic carbocycles. The van der Waals surface area contributed by atoms with Crippen LogP contribution in [0.4, 0.5) is 11.4 Å². The minimum absolute atomic E-state index is 0.233. The minimum Gasteiger partial charge on any atom is -0.368 e. The highest BCUT2D eigenvalue weighted by Crippen LogP contribution is 2.33. The van der Waals surface area contributed by atoms with Gasteiger partial charge in [-0.1, -0.05) is 26.0 Å². The van der Waals surface area contributed by atoms with Gasteiger partial charge in [0.05, 0.1) is 17.9 Å². The number of likely N-dealkylation sites (N-methyl/N-ethyl adjacent to an activating group) is 1. The van der Waals surface area contributed by atoms with Gasteiger partial charge >= 0.3 is 0 Å². The molecule has 0 spiro atoms. The Balaban J connectivity index is 1.70. The Hall–Kier alpha value is -1.59. The van der Waals surface area contributed by atoms with Crippen molar-refractivity contribution in [2.45, 2.75) is 13.8 Å². The molecule has 24 heavy (non-hydrogen) atoms. The van der Waals surface area contributed by atoms with E-state index in [1.807, 2.05) is 11.0 Å². The molecule has 2 heterocycles. The number of rotatable bonds is 4. The standard InChI is InChI=1S/C19H30N4O/c1-16(2)14-22-12-13-23(18-7-5-4-6-17(18)22)19(24)15-21-10-8-20(3)9-11-21/h4-7,16H,8-15H2,1-3H3. The van der Waals surface area contributed by atoms with E-state index in [9.17, 15) is 4.79 Å². The van der Waals surface area contributed by atoms with Gasteiger partial charge in [0.1, 0.15) is 0 Å². The SMILES string of the molecule is CC(C)CN1CCN(C(=O)CN2CCN(C)CC2)c2ccccc21. The van der Waals surface area contributed by atoms with Crippen LogP contribution in [0.15, 0.2) is 24.3 Å². The second-order valence-corrected chi connectivity index (χ2v) is 7.45. The summed E-state index contributed by atoms with van der Waals surface area (Å²) in [6.07, 6.45) is 0. The first-order chi connectivity index (χ1) is 11.5. The summed E-state index contributed by atoms with van der Waals surface area (Å²) in [5.41, 5.74) is 2.27. The maximum Gasteiger partial charge on any atom is 0.241 e. The van der Waals surface area contributed by atoms with Crippen molar-refractivity contribution >= 4 is 17.3 Å². The van der Waals surface area contributed by atoms with Crippen molar-refractivity contribution in [1.29, 1.82) is 0 Å². The molecular formula is C19H30N4O. The molecule has 1 fully saturated rings. The van der Waals surface area contributed by atoms with Gasteiger partial charge < -0.3 is 14.7 Å². The predicted octanol–water partition coefficient (Wildman–Crippen LogP) is 1.74. The Bertz CT molecular complexity index is 566. The van der Waals surface area contributed by atoms with Crippen molar-refractivity contribution in [2.75, 3.05) is 69.2 Å². The number of amides is 1. The van der Waals surface area contributed by atoms with E-state index in [1.54, 1.807) is 0 Å². The largest absolute Gasteiger partial charge is 0.368 e. The number of hydrogen-bond donors (Lipinski definition) is 0. The second kappa shape index (κ2) is 7.53. The van der Waals surface area contributed by atoms with Crippen LogP contribution in [0.1, 0.15) is 13.8 Å². The lowest BCUT2D eigenvalue weighted by atomic mass is 10.1. The van der Waals surface area contributed by atoms with Crippen molar-refractivity contribution in [3.63, 3.8) is 0 Å². The van der Waals surface area contributed by atoms with Gasteiger partial charge in [0, 0.05) is 45.8 Å². The van der Waals surface area contributed by atoms with Crippen molar-refractivity contribution < 1.29 is 4.79 Å². The first-order valence-electron chi connectivity index (χ1n) is 9.10. The van der Waals surface area contributed by atoms with Gasteiger partial charge in [-0.15, -0.1) is 0 Å². The number of carbonyl (C=O) groups is 1. The Labute approximate surface area is 145 Å². The van der Waals surface area contributed by atoms with E-state index in [1.165, 1.54) is 5.69 Å². The topological polar surface area (TPSA) is 30.0 Å². The molecule has 1 saturated heterocycles. The number of piperazine rings is 1. The van der Waals surface area contributed by atoms with Gasteiger partial charge in [-0.3, -0.25) is 9.69 Å². The highest BCUT2D eigenvalue weighted by molar-refractivity contribution is 5.99. The zero-order valence-electron chi connectivity index (χ0n) is 15.2. The Morgan fingerprint density at radius 3 is 2.33 bits per heavy atom. The third-order valence-electron chi connectivity index (χ3n) is 4.95. The van der Waals surface area contributed by atoms with E-state index in [0.29, 0.717) is 12.5 Å². The van der Waals surface area contributed by atoms with Crippen LogP contribution in [-0.2, 0) is 4.79 Å². The number of nitrogens with zero attached hydrogens (tertiary/aromatic N) is 4. The molecule has 0 aromatic heterocycles. The molecule has 3 rings (SSSR count). The number of fused-ring (bicyclic) bond motifs is 1. The van der Waals surface area contributed by atoms with Gasteiger partial charge in [0.25, 0.3) is 0 Å². The summed E-state index contributed by atoms with van der Waals surface area (Å²) in [5.74, 6) is 0.849. The maximum absolute atomic E-state index is 12.9. The molecule has 5 heteroatoms. The van der Waals surface area contributed by atoms with Crippen molar-refractivity contribution in [2.24, 2.45) is 5.92 Å². The predicted molar refractivity (Wildman–Crippen MR) is 99.8 cm³/mol. The van der Waals surface area contributed by atoms with Crippen LogP contribution in [0.5, 0.6) is 0 Å². The molecule has 5 nitrogen and oxygen atoms in total. The summed E-state index contributed by atoms with van der Waals surface area (Å²) >= 11 is 0. The number of para-hydroxylation sites is 2. The summed E-state index contributed by atoms with van der Waals surface area (Å²) in [6, 6.07) is 8.34. The molecule has 2 aliphatic heterocycles. The Morgan fingerprint density at radius 2 is 1.67 bits per heavy atom. The fourth-order valence-corrected chi connectivity index (χ4v) is 3.59. The molecule has 0 saturated carbocycles. The fraction of sp³-hybridized carbons (Fsp3) is 0.632. The molecule has 1 amide bonds. The third kappa shape index (κ3) is 3.90. The van der Waals surface area contributed by atoms with E-state index >= 15 is 0 Å². The second-order valence-electron chi connectivity index (χ2n) is 7.45. The van der Waals surface area contributed by atoms with E-state index in [2.05, 4.69) is 53.8 Å². The zero-order chi connectivity index (χ0) is 17.1. The number of hydrogen-bond acceptors (Lipinski definition) is 4. The third-order valence-corrected chi connectivity index (χ3v) is 4.95. The van der Waals surface area contributed by atoms with Crippen molar-refractivity contribution in [3.8, 4) is 0 Å². The first-order valence-corrected chi connectivity index (χ1v) is 9.10. The maximum atomic E-state index is 12.9. The van der Waals surface area contributed by atoms with E-state index in [0.717, 1.165) is 51.5 Å². The molecule has 2 aliphatic rings. The van der Waals surface area contributed by atoms with E-state index in [-0.39, 0.29) is 5.91 Å². The van der Waals surface area contributed by atoms with Gasteiger partial charge in [0.2, 0.25) is 5.91 Å². The van der Waals surface area contributed by atoms with Crippen molar-refractivity contribution in [1.82, 2.24) is 9.80 Å². The lowest BCUT2D eigenvalue weighted by molar-refractivity contribution is -0.120. The van der Waals surface area contributed by atoms with Gasteiger partial charge in [-0.2, -0.15) is 0 Å². The average Bonchev–Trinajstić information content (AvgIpc) is 2.57. The molecule has 0 radical (unpaired) electrons. The summed E-state index contributed by atoms with van der Waals surface area (Å²) in [6.45, 7) is 11.8. The Morgan fingerprint density at radius 1 is 1.00 bits per heavy atom. The lowest BCUT2D eigenvalue weighted by Gasteiger charge is -2.40. The molecule has 0 bridgehead atoms. The quantitative estimate of drug-likeness (QED) is 0.841. The lowest BCUT2D eigenvalue weighted by Crippen LogP contribution is -2.51. The van der Waals surface area contributed by atoms with Gasteiger partial charge in [-0.25, -0.2) is 0 Å². The summed E-state index contributed by atoms with van der Waals surface area (Å²) in [7, 11) is 2.14. The fourth-order valence-electron chi connectivity index (χ4n) is 3.59. The minimum atomic E-state index is 0.233. The number of anilines is 2. The smallest absolute Gasteiger partial charge is 0.241 e. The average molecular weight is 330 g/mol. The molecule has 0 aliphatic carbocycles. The van der Waals surface area contributed by atoms with Gasteiger partial charge in [-0.05, 0) is 25.1 Å². The Kier molecular flexibility index (Phi) is 5.41. The highest BCUT2D eigenvalue weighted by atomic mass is 16.2. The van der Waals surface area contributed by atoms with E-state index in [4.69, 9.17) is 0 Å². The van der Waals surface area contributed by atoms with Gasteiger partial charge in [0.15, 0.2) is 0 Å². The van der Waals surface area contributed by atoms with E-state index < -0.39 is 0 Å². The summed E-state index contributed by atoms with van der Waals surface area (Å²) in [4.78, 5) is 21.9. The normalized spacial score (nSPS) is 19.7. The van der Waals surface area contributed by atoms with Crippen LogP contribution in [-0.4, -0.2) is 75.1 Å². The molecule has 0 atom stereocenters. The molecule has 132 valence electrons. The molecular weight excluding hydrogens is 300 g/mol. The highest BCUT2D eigenvalue weighted by Gasteiger charge is 2.28. The number of carbonyl (C=O) groups excluding carboxylic acids is 1. The monoisotopic (exact) mass is 330 g/mol. The van der Waals surface area contributed by atoms with Crippen LogP contribution < -0.4 is 9.80 Å². The van der Waals surface area contributed by atoms with Crippen LogP contribution >= 0.6 is 0 Å². The van der Waals surface area contributed by atoms with Crippen LogP contribution in [0.2, 0.25) is 0 Å².